The van der Waals surface area contributed by atoms with Crippen LogP contribution in [0.1, 0.15) is 6.92 Å². The van der Waals surface area contributed by atoms with Gasteiger partial charge in [-0.05, 0) is 6.92 Å². The number of hydrogen-bond donors (Lipinski definition) is 1. The molecule has 0 saturated carbocycles. The zero-order valence-electron chi connectivity index (χ0n) is 7.69. The van der Waals surface area contributed by atoms with E-state index in [0.29, 0.717) is 6.54 Å². The van der Waals surface area contributed by atoms with E-state index in [4.69, 9.17) is 0 Å². The molecule has 0 aromatic heterocycles. The van der Waals surface area contributed by atoms with Crippen LogP contribution in [-0.4, -0.2) is 43.3 Å². The highest BCUT2D eigenvalue weighted by Crippen LogP contribution is 2.07. The lowest BCUT2D eigenvalue weighted by Gasteiger charge is -2.32. The molecule has 0 bridgehead atoms. The van der Waals surface area contributed by atoms with Crippen molar-refractivity contribution in [3.63, 3.8) is 0 Å². The molecule has 0 spiro atoms. The molecule has 0 amide bonds. The van der Waals surface area contributed by atoms with Crippen LogP contribution in [0.2, 0.25) is 0 Å². The molecule has 1 saturated heterocycles. The minimum absolute atomic E-state index is 0.0263. The third kappa shape index (κ3) is 2.15. The van der Waals surface area contributed by atoms with Crippen LogP contribution in [0.4, 0.5) is 0 Å². The highest BCUT2D eigenvalue weighted by atomic mass is 16.5. The lowest BCUT2D eigenvalue weighted by molar-refractivity contribution is -0.144. The number of methoxy groups -OCH3 is 1. The summed E-state index contributed by atoms with van der Waals surface area (Å²) in [5, 5.41) is 7.15. The summed E-state index contributed by atoms with van der Waals surface area (Å²) in [5.41, 5.74) is 0. The van der Waals surface area contributed by atoms with Crippen molar-refractivity contribution in [3.8, 4) is 0 Å². The topological polar surface area (TPSA) is 71.0 Å². The third-order valence-electron chi connectivity index (χ3n) is 2.13. The van der Waals surface area contributed by atoms with Crippen molar-refractivity contribution >= 4 is 5.97 Å². The number of ether oxygens (including phenoxy) is 1. The minimum Gasteiger partial charge on any atom is -0.468 e. The van der Waals surface area contributed by atoms with Crippen LogP contribution < -0.4 is 5.32 Å². The van der Waals surface area contributed by atoms with Crippen molar-refractivity contribution in [1.82, 2.24) is 10.3 Å². The molecule has 1 heterocycles. The molecule has 1 aliphatic rings. The van der Waals surface area contributed by atoms with E-state index in [-0.39, 0.29) is 18.6 Å². The Morgan fingerprint density at radius 2 is 2.38 bits per heavy atom. The van der Waals surface area contributed by atoms with Crippen LogP contribution >= 0.6 is 0 Å². The van der Waals surface area contributed by atoms with E-state index in [2.05, 4.69) is 15.3 Å². The quantitative estimate of drug-likeness (QED) is 0.466. The first-order valence-corrected chi connectivity index (χ1v) is 4.10. The van der Waals surface area contributed by atoms with Gasteiger partial charge in [0.2, 0.25) is 0 Å². The van der Waals surface area contributed by atoms with Crippen molar-refractivity contribution in [1.29, 1.82) is 0 Å². The molecule has 2 atom stereocenters. The van der Waals surface area contributed by atoms with Crippen molar-refractivity contribution in [3.05, 3.63) is 4.91 Å². The highest BCUT2D eigenvalue weighted by molar-refractivity contribution is 5.76. The van der Waals surface area contributed by atoms with E-state index in [0.717, 1.165) is 0 Å². The van der Waals surface area contributed by atoms with Gasteiger partial charge in [0.15, 0.2) is 0 Å². The highest BCUT2D eigenvalue weighted by Gasteiger charge is 2.29. The molecule has 74 valence electrons. The molecule has 1 rings (SSSR count). The van der Waals surface area contributed by atoms with Crippen LogP contribution in [-0.2, 0) is 9.53 Å². The fourth-order valence-corrected chi connectivity index (χ4v) is 1.26. The summed E-state index contributed by atoms with van der Waals surface area (Å²) in [5.74, 6) is -0.361. The van der Waals surface area contributed by atoms with Crippen LogP contribution in [0, 0.1) is 4.91 Å². The van der Waals surface area contributed by atoms with Gasteiger partial charge in [-0.2, -0.15) is 0 Å². The van der Waals surface area contributed by atoms with Gasteiger partial charge in [-0.3, -0.25) is 9.80 Å². The summed E-state index contributed by atoms with van der Waals surface area (Å²) < 4.78 is 4.55. The largest absolute Gasteiger partial charge is 0.468 e. The van der Waals surface area contributed by atoms with Crippen LogP contribution in [0.25, 0.3) is 0 Å². The van der Waals surface area contributed by atoms with Crippen molar-refractivity contribution in [2.24, 2.45) is 5.29 Å². The van der Waals surface area contributed by atoms with Gasteiger partial charge in [-0.1, -0.05) is 0 Å². The summed E-state index contributed by atoms with van der Waals surface area (Å²) in [6.45, 7) is 2.70. The van der Waals surface area contributed by atoms with Crippen LogP contribution in [0.3, 0.4) is 0 Å². The Hall–Kier alpha value is -1.17. The summed E-state index contributed by atoms with van der Waals surface area (Å²) in [6.07, 6.45) is 0. The van der Waals surface area contributed by atoms with E-state index in [1.54, 1.807) is 0 Å². The SMILES string of the molecule is COC(=O)[C@H]1CN(N=O)[C@H](C)CN1. The number of piperazine rings is 1. The molecule has 6 heteroatoms. The van der Waals surface area contributed by atoms with Gasteiger partial charge in [0.1, 0.15) is 6.04 Å². The van der Waals surface area contributed by atoms with E-state index in [1.807, 2.05) is 6.92 Å². The van der Waals surface area contributed by atoms with Crippen molar-refractivity contribution < 1.29 is 9.53 Å². The Bertz CT molecular complexity index is 209. The normalized spacial score (nSPS) is 28.3. The minimum atomic E-state index is -0.445. The van der Waals surface area contributed by atoms with Gasteiger partial charge >= 0.3 is 5.97 Å². The number of carbonyl (C=O) groups excluding carboxylic acids is 1. The molecule has 1 N–H and O–H groups in total. The van der Waals surface area contributed by atoms with Gasteiger partial charge < -0.3 is 10.1 Å². The summed E-state index contributed by atoms with van der Waals surface area (Å²) in [7, 11) is 1.32. The zero-order valence-corrected chi connectivity index (χ0v) is 7.69. The Kier molecular flexibility index (Phi) is 3.18. The summed E-state index contributed by atoms with van der Waals surface area (Å²) in [4.78, 5) is 21.4. The average Bonchev–Trinajstić information content (AvgIpc) is 2.17. The van der Waals surface area contributed by atoms with E-state index >= 15 is 0 Å². The second kappa shape index (κ2) is 4.18. The van der Waals surface area contributed by atoms with Crippen LogP contribution in [0.5, 0.6) is 0 Å². The number of carbonyl (C=O) groups is 1. The molecule has 1 fully saturated rings. The number of nitroso groups, excluding NO2 is 1. The van der Waals surface area contributed by atoms with Crippen molar-refractivity contribution in [2.45, 2.75) is 19.0 Å². The molecule has 13 heavy (non-hydrogen) atoms. The molecular formula is C7H13N3O3. The smallest absolute Gasteiger partial charge is 0.324 e. The predicted molar refractivity (Wildman–Crippen MR) is 45.8 cm³/mol. The first kappa shape index (κ1) is 9.91. The Labute approximate surface area is 76.2 Å². The first-order valence-electron chi connectivity index (χ1n) is 4.10. The number of nitrogens with one attached hydrogen (secondary N) is 1. The van der Waals surface area contributed by atoms with Gasteiger partial charge in [-0.25, -0.2) is 0 Å². The molecule has 0 aromatic carbocycles. The van der Waals surface area contributed by atoms with Crippen LogP contribution in [0.15, 0.2) is 5.29 Å². The second-order valence-corrected chi connectivity index (χ2v) is 3.04. The fraction of sp³-hybridized carbons (Fsp3) is 0.857. The van der Waals surface area contributed by atoms with Gasteiger partial charge in [0.25, 0.3) is 0 Å². The average molecular weight is 187 g/mol. The zero-order chi connectivity index (χ0) is 9.84. The lowest BCUT2D eigenvalue weighted by Crippen LogP contribution is -2.56. The Morgan fingerprint density at radius 3 is 2.92 bits per heavy atom. The maximum atomic E-state index is 11.1. The van der Waals surface area contributed by atoms with Crippen molar-refractivity contribution in [2.75, 3.05) is 20.2 Å². The molecule has 1 aliphatic heterocycles. The molecule has 0 aliphatic carbocycles. The molecule has 0 radical (unpaired) electrons. The number of nitrogens with zero attached hydrogens (tertiary/aromatic N) is 2. The van der Waals surface area contributed by atoms with Gasteiger partial charge in [0.05, 0.1) is 25.0 Å². The molecular weight excluding hydrogens is 174 g/mol. The maximum absolute atomic E-state index is 11.1. The number of esters is 1. The Morgan fingerprint density at radius 1 is 1.69 bits per heavy atom. The van der Waals surface area contributed by atoms with E-state index in [1.165, 1.54) is 12.1 Å². The summed E-state index contributed by atoms with van der Waals surface area (Å²) in [6, 6.07) is -0.419. The number of hydrogen-bond acceptors (Lipinski definition) is 5. The fourth-order valence-electron chi connectivity index (χ4n) is 1.26. The first-order chi connectivity index (χ1) is 6.19. The third-order valence-corrected chi connectivity index (χ3v) is 2.13. The lowest BCUT2D eigenvalue weighted by atomic mass is 10.1. The molecule has 6 nitrogen and oxygen atoms in total. The monoisotopic (exact) mass is 187 g/mol. The maximum Gasteiger partial charge on any atom is 0.324 e. The standard InChI is InChI=1S/C7H13N3O3/c1-5-3-8-6(7(11)13-2)4-10(5)9-12/h5-6,8H,3-4H2,1-2H3/t5-,6-/m1/s1. The van der Waals surface area contributed by atoms with Gasteiger partial charge in [0, 0.05) is 6.54 Å². The van der Waals surface area contributed by atoms with Gasteiger partial charge in [-0.15, -0.1) is 4.91 Å². The second-order valence-electron chi connectivity index (χ2n) is 3.04. The Balaban J connectivity index is 2.54. The van der Waals surface area contributed by atoms with E-state index < -0.39 is 6.04 Å². The predicted octanol–water partition coefficient (Wildman–Crippen LogP) is -0.497. The molecule has 0 unspecified atom stereocenters. The molecule has 0 aromatic rings. The summed E-state index contributed by atoms with van der Waals surface area (Å²) >= 11 is 0. The number of rotatable bonds is 2. The van der Waals surface area contributed by atoms with E-state index in [9.17, 15) is 9.70 Å².